The van der Waals surface area contributed by atoms with Crippen molar-refractivity contribution in [1.29, 1.82) is 0 Å². The van der Waals surface area contributed by atoms with E-state index in [1.54, 1.807) is 38.4 Å². The second-order valence-corrected chi connectivity index (χ2v) is 8.69. The lowest BCUT2D eigenvalue weighted by Gasteiger charge is -2.22. The van der Waals surface area contributed by atoms with Crippen LogP contribution in [0.4, 0.5) is 0 Å². The Labute approximate surface area is 207 Å². The molecule has 35 heavy (non-hydrogen) atoms. The highest BCUT2D eigenvalue weighted by molar-refractivity contribution is 6.43. The first-order chi connectivity index (χ1) is 16.9. The maximum Gasteiger partial charge on any atom is 0.294 e. The largest absolute Gasteiger partial charge is 0.493 e. The van der Waals surface area contributed by atoms with Crippen molar-refractivity contribution in [3.8, 4) is 23.0 Å². The number of ketones is 1. The Balaban J connectivity index is 1.47. The van der Waals surface area contributed by atoms with E-state index in [9.17, 15) is 9.59 Å². The molecule has 1 amide bonds. The summed E-state index contributed by atoms with van der Waals surface area (Å²) in [5.41, 5.74) is 2.43. The van der Waals surface area contributed by atoms with E-state index < -0.39 is 11.7 Å². The van der Waals surface area contributed by atoms with Crippen molar-refractivity contribution >= 4 is 11.7 Å². The Hall–Kier alpha value is -3.26. The summed E-state index contributed by atoms with van der Waals surface area (Å²) >= 11 is 0. The fourth-order valence-electron chi connectivity index (χ4n) is 4.40. The molecular formula is C27H36N2O6. The predicted molar refractivity (Wildman–Crippen MR) is 134 cm³/mol. The normalized spacial score (nSPS) is 13.5. The van der Waals surface area contributed by atoms with Crippen LogP contribution in [0.5, 0.6) is 23.0 Å². The summed E-state index contributed by atoms with van der Waals surface area (Å²) in [5.74, 6) is 1.56. The molecule has 0 bridgehead atoms. The number of rotatable bonds is 12. The van der Waals surface area contributed by atoms with Gasteiger partial charge in [0.2, 0.25) is 0 Å². The van der Waals surface area contributed by atoms with Gasteiger partial charge in [0, 0.05) is 18.7 Å². The SMILES string of the molecule is COc1ccc(CCCN(C)CCCN2CCc3cc(OC)c(OC)cc3C(=O)C2=O)cc1OC. The number of carbonyl (C=O) groups excluding carboxylic acids is 2. The first-order valence-corrected chi connectivity index (χ1v) is 11.9. The second kappa shape index (κ2) is 12.4. The number of ether oxygens (including phenoxy) is 4. The zero-order valence-corrected chi connectivity index (χ0v) is 21.4. The summed E-state index contributed by atoms with van der Waals surface area (Å²) in [7, 11) is 8.44. The minimum Gasteiger partial charge on any atom is -0.493 e. The van der Waals surface area contributed by atoms with Crippen LogP contribution in [0.15, 0.2) is 30.3 Å². The van der Waals surface area contributed by atoms with Crippen LogP contribution in [0, 0.1) is 0 Å². The van der Waals surface area contributed by atoms with Crippen LogP contribution in [-0.2, 0) is 17.6 Å². The topological polar surface area (TPSA) is 77.5 Å². The molecule has 0 N–H and O–H groups in total. The van der Waals surface area contributed by atoms with Gasteiger partial charge in [-0.3, -0.25) is 9.59 Å². The smallest absolute Gasteiger partial charge is 0.294 e. The summed E-state index contributed by atoms with van der Waals surface area (Å²) in [6.45, 7) is 2.84. The molecule has 0 unspecified atom stereocenters. The minimum atomic E-state index is -0.485. The van der Waals surface area contributed by atoms with Crippen LogP contribution >= 0.6 is 0 Å². The van der Waals surface area contributed by atoms with Crippen molar-refractivity contribution in [3.05, 3.63) is 47.0 Å². The van der Waals surface area contributed by atoms with Gasteiger partial charge >= 0.3 is 0 Å². The molecule has 0 saturated heterocycles. The van der Waals surface area contributed by atoms with Gasteiger partial charge in [-0.1, -0.05) is 6.07 Å². The average molecular weight is 485 g/mol. The van der Waals surface area contributed by atoms with E-state index >= 15 is 0 Å². The van der Waals surface area contributed by atoms with Gasteiger partial charge in [-0.25, -0.2) is 0 Å². The number of Topliss-reactive ketones (excluding diaryl/α,β-unsaturated/α-hetero) is 1. The number of amides is 1. The Kier molecular flexibility index (Phi) is 9.37. The van der Waals surface area contributed by atoms with Gasteiger partial charge in [0.05, 0.1) is 28.4 Å². The Morgan fingerprint density at radius 2 is 1.46 bits per heavy atom. The minimum absolute atomic E-state index is 0.405. The van der Waals surface area contributed by atoms with Gasteiger partial charge < -0.3 is 28.7 Å². The Bertz CT molecular complexity index is 1040. The lowest BCUT2D eigenvalue weighted by Crippen LogP contribution is -2.38. The van der Waals surface area contributed by atoms with Crippen LogP contribution in [0.1, 0.15) is 34.3 Å². The van der Waals surface area contributed by atoms with Crippen molar-refractivity contribution in [2.45, 2.75) is 25.7 Å². The molecule has 0 radical (unpaired) electrons. The molecule has 0 aromatic heterocycles. The fourth-order valence-corrected chi connectivity index (χ4v) is 4.40. The number of methoxy groups -OCH3 is 4. The zero-order valence-electron chi connectivity index (χ0n) is 21.4. The second-order valence-electron chi connectivity index (χ2n) is 8.69. The van der Waals surface area contributed by atoms with Crippen molar-refractivity contribution in [3.63, 3.8) is 0 Å². The van der Waals surface area contributed by atoms with E-state index in [4.69, 9.17) is 18.9 Å². The van der Waals surface area contributed by atoms with Crippen molar-refractivity contribution in [2.75, 3.05) is 61.7 Å². The summed E-state index contributed by atoms with van der Waals surface area (Å²) in [4.78, 5) is 29.6. The lowest BCUT2D eigenvalue weighted by atomic mass is 10.0. The molecule has 0 saturated carbocycles. The molecule has 1 heterocycles. The Morgan fingerprint density at radius 1 is 0.829 bits per heavy atom. The molecule has 3 rings (SSSR count). The van der Waals surface area contributed by atoms with Gasteiger partial charge in [0.1, 0.15) is 0 Å². The number of carbonyl (C=O) groups is 2. The van der Waals surface area contributed by atoms with Crippen molar-refractivity contribution in [2.24, 2.45) is 0 Å². The first kappa shape index (κ1) is 26.3. The third-order valence-electron chi connectivity index (χ3n) is 6.41. The molecule has 0 fully saturated rings. The summed E-state index contributed by atoms with van der Waals surface area (Å²) in [5, 5.41) is 0. The van der Waals surface area contributed by atoms with E-state index in [2.05, 4.69) is 18.0 Å². The molecular weight excluding hydrogens is 448 g/mol. The highest BCUT2D eigenvalue weighted by Crippen LogP contribution is 2.32. The molecule has 2 aromatic carbocycles. The number of nitrogens with zero attached hydrogens (tertiary/aromatic N) is 2. The van der Waals surface area contributed by atoms with Gasteiger partial charge in [-0.15, -0.1) is 0 Å². The molecule has 1 aliphatic rings. The molecule has 0 aliphatic carbocycles. The monoisotopic (exact) mass is 484 g/mol. The fraction of sp³-hybridized carbons (Fsp3) is 0.481. The summed E-state index contributed by atoms with van der Waals surface area (Å²) < 4.78 is 21.3. The van der Waals surface area contributed by atoms with Crippen LogP contribution in [0.25, 0.3) is 0 Å². The third-order valence-corrected chi connectivity index (χ3v) is 6.41. The molecule has 8 nitrogen and oxygen atoms in total. The molecule has 190 valence electrons. The molecule has 1 aliphatic heterocycles. The Morgan fingerprint density at radius 3 is 2.14 bits per heavy atom. The lowest BCUT2D eigenvalue weighted by molar-refractivity contribution is -0.126. The predicted octanol–water partition coefficient (Wildman–Crippen LogP) is 3.24. The number of hydrogen-bond acceptors (Lipinski definition) is 7. The van der Waals surface area contributed by atoms with Crippen LogP contribution in [0.3, 0.4) is 0 Å². The standard InChI is InChI=1S/C27H36N2O6/c1-28(12-6-8-19-9-10-22(32-2)23(16-19)33-3)13-7-14-29-15-11-20-17-24(34-4)25(35-5)18-21(20)26(30)27(29)31/h9-10,16-18H,6-8,11-15H2,1-5H3. The van der Waals surface area contributed by atoms with Crippen LogP contribution < -0.4 is 18.9 Å². The number of hydrogen-bond donors (Lipinski definition) is 0. The van der Waals surface area contributed by atoms with E-state index in [1.807, 2.05) is 12.1 Å². The van der Waals surface area contributed by atoms with Gasteiger partial charge in [-0.2, -0.15) is 0 Å². The highest BCUT2D eigenvalue weighted by atomic mass is 16.5. The highest BCUT2D eigenvalue weighted by Gasteiger charge is 2.30. The number of aryl methyl sites for hydroxylation is 1. The maximum atomic E-state index is 12.9. The zero-order chi connectivity index (χ0) is 25.4. The third kappa shape index (κ3) is 6.45. The summed E-state index contributed by atoms with van der Waals surface area (Å²) in [6, 6.07) is 9.43. The van der Waals surface area contributed by atoms with E-state index in [1.165, 1.54) is 12.7 Å². The summed E-state index contributed by atoms with van der Waals surface area (Å²) in [6.07, 6.45) is 3.35. The van der Waals surface area contributed by atoms with E-state index in [0.29, 0.717) is 36.6 Å². The molecule has 0 atom stereocenters. The average Bonchev–Trinajstić information content (AvgIpc) is 2.99. The van der Waals surface area contributed by atoms with Gasteiger partial charge in [0.15, 0.2) is 23.0 Å². The maximum absolute atomic E-state index is 12.9. The quantitative estimate of drug-likeness (QED) is 0.428. The van der Waals surface area contributed by atoms with E-state index in [-0.39, 0.29) is 0 Å². The van der Waals surface area contributed by atoms with Gasteiger partial charge in [-0.05, 0) is 81.2 Å². The van der Waals surface area contributed by atoms with Crippen molar-refractivity contribution in [1.82, 2.24) is 9.80 Å². The molecule has 8 heteroatoms. The first-order valence-electron chi connectivity index (χ1n) is 11.9. The van der Waals surface area contributed by atoms with Gasteiger partial charge in [0.25, 0.3) is 11.7 Å². The molecule has 2 aromatic rings. The number of fused-ring (bicyclic) bond motifs is 1. The van der Waals surface area contributed by atoms with Crippen LogP contribution in [-0.4, -0.2) is 83.2 Å². The van der Waals surface area contributed by atoms with Crippen LogP contribution in [0.2, 0.25) is 0 Å². The van der Waals surface area contributed by atoms with Crippen molar-refractivity contribution < 1.29 is 28.5 Å². The van der Waals surface area contributed by atoms with E-state index in [0.717, 1.165) is 49.4 Å². The number of benzene rings is 2. The molecule has 0 spiro atoms.